The Hall–Kier alpha value is -2.18. The number of rotatable bonds is 7. The highest BCUT2D eigenvalue weighted by atomic mass is 32.2. The second-order valence-corrected chi connectivity index (χ2v) is 8.58. The first-order valence-corrected chi connectivity index (χ1v) is 10.1. The molecule has 26 heavy (non-hydrogen) atoms. The number of hydrogen-bond donors (Lipinski definition) is 1. The van der Waals surface area contributed by atoms with Crippen molar-refractivity contribution in [3.8, 4) is 11.1 Å². The van der Waals surface area contributed by atoms with E-state index in [4.69, 9.17) is 0 Å². The average molecular weight is 375 g/mol. The van der Waals surface area contributed by atoms with Crippen molar-refractivity contribution in [1.29, 1.82) is 0 Å². The van der Waals surface area contributed by atoms with Crippen LogP contribution in [0.2, 0.25) is 0 Å². The van der Waals surface area contributed by atoms with E-state index in [9.17, 15) is 13.2 Å². The first-order chi connectivity index (χ1) is 12.2. The number of sulfonamides is 1. The minimum absolute atomic E-state index is 0.173. The van der Waals surface area contributed by atoms with Crippen LogP contribution in [0, 0.1) is 5.92 Å². The van der Waals surface area contributed by atoms with E-state index < -0.39 is 16.1 Å². The summed E-state index contributed by atoms with van der Waals surface area (Å²) < 4.78 is 28.7. The SMILES string of the molecule is CC(C)CC(NS(=O)(=O)c1ccccc1-c1ccccc1)C(=O)N(C)C. The molecule has 5 nitrogen and oxygen atoms in total. The quantitative estimate of drug-likeness (QED) is 0.810. The van der Waals surface area contributed by atoms with Gasteiger partial charge >= 0.3 is 0 Å². The van der Waals surface area contributed by atoms with E-state index >= 15 is 0 Å². The minimum atomic E-state index is -3.86. The van der Waals surface area contributed by atoms with E-state index in [0.717, 1.165) is 5.56 Å². The van der Waals surface area contributed by atoms with Crippen LogP contribution in [0.3, 0.4) is 0 Å². The van der Waals surface area contributed by atoms with Crippen molar-refractivity contribution < 1.29 is 13.2 Å². The van der Waals surface area contributed by atoms with Crippen molar-refractivity contribution in [3.05, 3.63) is 54.6 Å². The van der Waals surface area contributed by atoms with Gasteiger partial charge in [0, 0.05) is 19.7 Å². The number of likely N-dealkylation sites (N-methyl/N-ethyl adjacent to an activating group) is 1. The van der Waals surface area contributed by atoms with Crippen LogP contribution >= 0.6 is 0 Å². The summed E-state index contributed by atoms with van der Waals surface area (Å²) in [6.07, 6.45) is 0.434. The zero-order valence-corrected chi connectivity index (χ0v) is 16.5. The zero-order valence-electron chi connectivity index (χ0n) is 15.6. The molecular formula is C20H26N2O3S. The van der Waals surface area contributed by atoms with E-state index in [2.05, 4.69) is 4.72 Å². The van der Waals surface area contributed by atoms with Crippen molar-refractivity contribution in [2.24, 2.45) is 5.92 Å². The summed E-state index contributed by atoms with van der Waals surface area (Å²) >= 11 is 0. The zero-order chi connectivity index (χ0) is 19.3. The van der Waals surface area contributed by atoms with Crippen molar-refractivity contribution in [3.63, 3.8) is 0 Å². The van der Waals surface area contributed by atoms with Gasteiger partial charge in [0.2, 0.25) is 15.9 Å². The third-order valence-electron chi connectivity index (χ3n) is 4.00. The predicted molar refractivity (Wildman–Crippen MR) is 104 cm³/mol. The fourth-order valence-electron chi connectivity index (χ4n) is 2.79. The molecule has 140 valence electrons. The molecule has 0 heterocycles. The summed E-state index contributed by atoms with van der Waals surface area (Å²) in [5, 5.41) is 0. The Labute approximate surface area is 156 Å². The van der Waals surface area contributed by atoms with Gasteiger partial charge in [0.15, 0.2) is 0 Å². The van der Waals surface area contributed by atoms with Crippen LogP contribution in [0.4, 0.5) is 0 Å². The molecule has 0 radical (unpaired) electrons. The Morgan fingerprint density at radius 2 is 1.58 bits per heavy atom. The monoisotopic (exact) mass is 374 g/mol. The van der Waals surface area contributed by atoms with Gasteiger partial charge in [-0.05, 0) is 24.0 Å². The van der Waals surface area contributed by atoms with Gasteiger partial charge in [-0.2, -0.15) is 4.72 Å². The number of carbonyl (C=O) groups excluding carboxylic acids is 1. The van der Waals surface area contributed by atoms with Crippen LogP contribution in [0.1, 0.15) is 20.3 Å². The van der Waals surface area contributed by atoms with E-state index in [1.807, 2.05) is 44.2 Å². The summed E-state index contributed by atoms with van der Waals surface area (Å²) in [6.45, 7) is 3.92. The van der Waals surface area contributed by atoms with Gasteiger partial charge in [-0.1, -0.05) is 62.4 Å². The number of amides is 1. The number of nitrogens with zero attached hydrogens (tertiary/aromatic N) is 1. The Morgan fingerprint density at radius 3 is 2.15 bits per heavy atom. The maximum atomic E-state index is 13.1. The van der Waals surface area contributed by atoms with Gasteiger partial charge < -0.3 is 4.90 Å². The summed E-state index contributed by atoms with van der Waals surface area (Å²) in [5.74, 6) is -0.0737. The van der Waals surface area contributed by atoms with E-state index in [-0.39, 0.29) is 16.7 Å². The van der Waals surface area contributed by atoms with Gasteiger partial charge in [0.1, 0.15) is 6.04 Å². The molecule has 1 atom stereocenters. The number of nitrogens with one attached hydrogen (secondary N) is 1. The molecule has 0 fully saturated rings. The molecule has 0 bridgehead atoms. The van der Waals surface area contributed by atoms with Crippen molar-refractivity contribution in [2.75, 3.05) is 14.1 Å². The molecular weight excluding hydrogens is 348 g/mol. The highest BCUT2D eigenvalue weighted by Gasteiger charge is 2.29. The predicted octanol–water partition coefficient (Wildman–Crippen LogP) is 3.13. The van der Waals surface area contributed by atoms with Crippen molar-refractivity contribution in [1.82, 2.24) is 9.62 Å². The van der Waals surface area contributed by atoms with E-state index in [0.29, 0.717) is 12.0 Å². The maximum Gasteiger partial charge on any atom is 0.241 e. The van der Waals surface area contributed by atoms with Crippen molar-refractivity contribution >= 4 is 15.9 Å². The molecule has 1 unspecified atom stereocenters. The van der Waals surface area contributed by atoms with Gasteiger partial charge in [-0.25, -0.2) is 8.42 Å². The minimum Gasteiger partial charge on any atom is -0.347 e. The summed E-state index contributed by atoms with van der Waals surface area (Å²) in [4.78, 5) is 14.0. The largest absolute Gasteiger partial charge is 0.347 e. The molecule has 0 saturated carbocycles. The molecule has 1 amide bonds. The maximum absolute atomic E-state index is 13.1. The Bertz CT molecular complexity index is 846. The fraction of sp³-hybridized carbons (Fsp3) is 0.350. The smallest absolute Gasteiger partial charge is 0.241 e. The lowest BCUT2D eigenvalue weighted by atomic mass is 10.0. The topological polar surface area (TPSA) is 66.5 Å². The first-order valence-electron chi connectivity index (χ1n) is 8.60. The summed E-state index contributed by atoms with van der Waals surface area (Å²) in [6, 6.07) is 15.4. The second-order valence-electron chi connectivity index (χ2n) is 6.90. The highest BCUT2D eigenvalue weighted by Crippen LogP contribution is 2.27. The van der Waals surface area contributed by atoms with Gasteiger partial charge in [-0.15, -0.1) is 0 Å². The number of hydrogen-bond acceptors (Lipinski definition) is 3. The molecule has 0 aliphatic rings. The Morgan fingerprint density at radius 1 is 1.00 bits per heavy atom. The molecule has 2 aromatic carbocycles. The van der Waals surface area contributed by atoms with Gasteiger partial charge in [0.25, 0.3) is 0 Å². The van der Waals surface area contributed by atoms with Gasteiger partial charge in [0.05, 0.1) is 4.90 Å². The molecule has 2 rings (SSSR count). The lowest BCUT2D eigenvalue weighted by Crippen LogP contribution is -2.46. The first kappa shape index (κ1) is 20.1. The highest BCUT2D eigenvalue weighted by molar-refractivity contribution is 7.89. The lowest BCUT2D eigenvalue weighted by Gasteiger charge is -2.23. The van der Waals surface area contributed by atoms with Crippen LogP contribution in [0.25, 0.3) is 11.1 Å². The Kier molecular flexibility index (Phi) is 6.56. The molecule has 2 aromatic rings. The number of carbonyl (C=O) groups is 1. The lowest BCUT2D eigenvalue weighted by molar-refractivity contribution is -0.130. The normalized spacial score (nSPS) is 12.8. The van der Waals surface area contributed by atoms with Crippen LogP contribution in [0.15, 0.2) is 59.5 Å². The third kappa shape index (κ3) is 4.93. The second kappa shape index (κ2) is 8.47. The average Bonchev–Trinajstić information content (AvgIpc) is 2.60. The summed E-state index contributed by atoms with van der Waals surface area (Å²) in [7, 11) is -0.606. The van der Waals surface area contributed by atoms with E-state index in [1.165, 1.54) is 4.90 Å². The molecule has 0 aliphatic carbocycles. The summed E-state index contributed by atoms with van der Waals surface area (Å²) in [5.41, 5.74) is 1.43. The van der Waals surface area contributed by atoms with E-state index in [1.54, 1.807) is 38.4 Å². The molecule has 0 aromatic heterocycles. The standard InChI is InChI=1S/C20H26N2O3S/c1-15(2)14-18(20(23)22(3)4)21-26(24,25)19-13-9-8-12-17(19)16-10-6-5-7-11-16/h5-13,15,18,21H,14H2,1-4H3. The number of benzene rings is 2. The molecule has 1 N–H and O–H groups in total. The van der Waals surface area contributed by atoms with Gasteiger partial charge in [-0.3, -0.25) is 4.79 Å². The van der Waals surface area contributed by atoms with Crippen LogP contribution in [-0.4, -0.2) is 39.4 Å². The van der Waals surface area contributed by atoms with Crippen LogP contribution in [-0.2, 0) is 14.8 Å². The third-order valence-corrected chi connectivity index (χ3v) is 5.53. The van der Waals surface area contributed by atoms with Crippen LogP contribution < -0.4 is 4.72 Å². The fourth-order valence-corrected chi connectivity index (χ4v) is 4.22. The molecule has 0 saturated heterocycles. The Balaban J connectivity index is 2.42. The van der Waals surface area contributed by atoms with Crippen molar-refractivity contribution in [2.45, 2.75) is 31.2 Å². The molecule has 6 heteroatoms. The molecule has 0 aliphatic heterocycles. The van der Waals surface area contributed by atoms with Crippen LogP contribution in [0.5, 0.6) is 0 Å². The molecule has 0 spiro atoms.